The number of carbonyl (C=O) groups is 1. The minimum atomic E-state index is -1.01. The lowest BCUT2D eigenvalue weighted by Gasteiger charge is -2.08. The zero-order valence-corrected chi connectivity index (χ0v) is 11.9. The van der Waals surface area contributed by atoms with Crippen LogP contribution in [-0.4, -0.2) is 16.1 Å². The van der Waals surface area contributed by atoms with E-state index in [1.807, 2.05) is 12.1 Å². The highest BCUT2D eigenvalue weighted by atomic mass is 32.1. The average molecular weight is 300 g/mol. The van der Waals surface area contributed by atoms with Crippen molar-refractivity contribution in [3.63, 3.8) is 0 Å². The van der Waals surface area contributed by atoms with Crippen LogP contribution in [0.4, 0.5) is 5.69 Å². The first-order chi connectivity index (χ1) is 10.2. The molecule has 0 spiro atoms. The molecular formula is C15H12N2O3S. The lowest BCUT2D eigenvalue weighted by molar-refractivity contribution is 0.0703. The molecule has 0 bridgehead atoms. The van der Waals surface area contributed by atoms with Crippen LogP contribution in [0.5, 0.6) is 0 Å². The van der Waals surface area contributed by atoms with E-state index in [2.05, 4.69) is 4.98 Å². The van der Waals surface area contributed by atoms with E-state index in [1.165, 1.54) is 0 Å². The van der Waals surface area contributed by atoms with Crippen LogP contribution in [0.15, 0.2) is 22.8 Å². The molecule has 1 aliphatic rings. The van der Waals surface area contributed by atoms with Crippen molar-refractivity contribution in [1.82, 2.24) is 4.98 Å². The highest BCUT2D eigenvalue weighted by Gasteiger charge is 2.27. The number of nitrogens with two attached hydrogens (primary N) is 1. The van der Waals surface area contributed by atoms with E-state index in [4.69, 9.17) is 10.2 Å². The lowest BCUT2D eigenvalue weighted by Crippen LogP contribution is -1.98. The quantitative estimate of drug-likeness (QED) is 0.757. The van der Waals surface area contributed by atoms with Crippen LogP contribution < -0.4 is 5.73 Å². The number of thiophene rings is 1. The zero-order chi connectivity index (χ0) is 14.6. The molecule has 0 saturated carbocycles. The van der Waals surface area contributed by atoms with Crippen LogP contribution in [0.25, 0.3) is 21.5 Å². The van der Waals surface area contributed by atoms with Crippen molar-refractivity contribution in [3.8, 4) is 11.3 Å². The smallest absolute Gasteiger partial charge is 0.348 e. The first kappa shape index (κ1) is 12.4. The number of aromatic nitrogens is 1. The van der Waals surface area contributed by atoms with Crippen molar-refractivity contribution >= 4 is 33.2 Å². The third kappa shape index (κ3) is 1.69. The summed E-state index contributed by atoms with van der Waals surface area (Å²) in [4.78, 5) is 16.8. The van der Waals surface area contributed by atoms with Crippen LogP contribution in [0, 0.1) is 0 Å². The maximum atomic E-state index is 11.3. The zero-order valence-electron chi connectivity index (χ0n) is 11.0. The summed E-state index contributed by atoms with van der Waals surface area (Å²) in [5.74, 6) is -0.289. The van der Waals surface area contributed by atoms with E-state index in [-0.39, 0.29) is 10.6 Å². The molecule has 3 N–H and O–H groups in total. The molecule has 5 nitrogen and oxygen atoms in total. The highest BCUT2D eigenvalue weighted by Crippen LogP contribution is 2.44. The van der Waals surface area contributed by atoms with Gasteiger partial charge in [0.2, 0.25) is 0 Å². The van der Waals surface area contributed by atoms with Crippen molar-refractivity contribution in [2.75, 3.05) is 5.73 Å². The first-order valence-electron chi connectivity index (χ1n) is 6.67. The number of pyridine rings is 1. The minimum absolute atomic E-state index is 0.147. The Balaban J connectivity index is 2.15. The van der Waals surface area contributed by atoms with Gasteiger partial charge >= 0.3 is 5.97 Å². The summed E-state index contributed by atoms with van der Waals surface area (Å²) >= 11 is 1.13. The molecule has 0 saturated heterocycles. The van der Waals surface area contributed by atoms with Gasteiger partial charge in [-0.1, -0.05) is 0 Å². The van der Waals surface area contributed by atoms with Gasteiger partial charge in [-0.3, -0.25) is 0 Å². The van der Waals surface area contributed by atoms with Crippen molar-refractivity contribution in [3.05, 3.63) is 34.5 Å². The number of carboxylic acid groups (broad SMARTS) is 1. The number of hydrogen-bond acceptors (Lipinski definition) is 5. The van der Waals surface area contributed by atoms with Gasteiger partial charge in [-0.2, -0.15) is 0 Å². The number of nitrogens with zero attached hydrogens (tertiary/aromatic N) is 1. The predicted octanol–water partition coefficient (Wildman–Crippen LogP) is 3.33. The van der Waals surface area contributed by atoms with Crippen LogP contribution in [0.1, 0.15) is 27.3 Å². The second kappa shape index (κ2) is 4.33. The number of anilines is 1. The Morgan fingerprint density at radius 3 is 3.00 bits per heavy atom. The molecule has 0 aliphatic heterocycles. The molecular weight excluding hydrogens is 288 g/mol. The number of nitrogen functional groups attached to an aromatic ring is 1. The fraction of sp³-hybridized carbons (Fsp3) is 0.200. The Hall–Kier alpha value is -2.34. The van der Waals surface area contributed by atoms with E-state index < -0.39 is 5.97 Å². The molecule has 0 aromatic carbocycles. The molecule has 0 unspecified atom stereocenters. The lowest BCUT2D eigenvalue weighted by atomic mass is 10.0. The number of furan rings is 1. The van der Waals surface area contributed by atoms with Crippen LogP contribution in [0.3, 0.4) is 0 Å². The molecule has 0 fully saturated rings. The van der Waals surface area contributed by atoms with Crippen molar-refractivity contribution in [2.24, 2.45) is 0 Å². The van der Waals surface area contributed by atoms with Gasteiger partial charge < -0.3 is 15.3 Å². The Kier molecular flexibility index (Phi) is 2.56. The highest BCUT2D eigenvalue weighted by molar-refractivity contribution is 7.21. The van der Waals surface area contributed by atoms with E-state index in [0.29, 0.717) is 10.2 Å². The van der Waals surface area contributed by atoms with Gasteiger partial charge in [-0.25, -0.2) is 9.78 Å². The Labute approximate surface area is 124 Å². The van der Waals surface area contributed by atoms with Crippen LogP contribution in [0.2, 0.25) is 0 Å². The summed E-state index contributed by atoms with van der Waals surface area (Å²) in [6.07, 6.45) is 4.51. The summed E-state index contributed by atoms with van der Waals surface area (Å²) in [6.45, 7) is 0. The van der Waals surface area contributed by atoms with Gasteiger partial charge in [0, 0.05) is 16.6 Å². The van der Waals surface area contributed by atoms with Gasteiger partial charge in [0.05, 0.1) is 12.0 Å². The second-order valence-corrected chi connectivity index (χ2v) is 6.07. The van der Waals surface area contributed by atoms with E-state index in [9.17, 15) is 9.90 Å². The fourth-order valence-corrected chi connectivity index (χ4v) is 3.96. The number of aryl methyl sites for hydroxylation is 1. The Morgan fingerprint density at radius 1 is 1.43 bits per heavy atom. The molecule has 3 aromatic heterocycles. The van der Waals surface area contributed by atoms with Crippen LogP contribution >= 0.6 is 11.3 Å². The van der Waals surface area contributed by atoms with E-state index in [0.717, 1.165) is 53.2 Å². The molecule has 4 rings (SSSR count). The summed E-state index contributed by atoms with van der Waals surface area (Å²) in [6, 6.07) is 3.70. The number of aromatic carboxylic acids is 1. The predicted molar refractivity (Wildman–Crippen MR) is 80.7 cm³/mol. The molecule has 3 aromatic rings. The Morgan fingerprint density at radius 2 is 2.29 bits per heavy atom. The van der Waals surface area contributed by atoms with E-state index in [1.54, 1.807) is 6.26 Å². The molecule has 3 heterocycles. The standard InChI is InChI=1S/C15H12N2O3S/c16-12-11-10(9-5-2-6-20-9)7-3-1-4-8(7)17-14(11)21-13(12)15(18)19/h2,5-6H,1,3-4,16H2,(H,18,19). The van der Waals surface area contributed by atoms with Gasteiger partial charge in [-0.15, -0.1) is 11.3 Å². The molecule has 21 heavy (non-hydrogen) atoms. The summed E-state index contributed by atoms with van der Waals surface area (Å²) in [5.41, 5.74) is 9.46. The number of hydrogen-bond donors (Lipinski definition) is 2. The maximum Gasteiger partial charge on any atom is 0.348 e. The Bertz CT molecular complexity index is 865. The molecule has 106 valence electrons. The summed E-state index contributed by atoms with van der Waals surface area (Å²) < 4.78 is 5.55. The van der Waals surface area contributed by atoms with Crippen molar-refractivity contribution < 1.29 is 14.3 Å². The molecule has 0 radical (unpaired) electrons. The third-order valence-corrected chi connectivity index (χ3v) is 4.95. The minimum Gasteiger partial charge on any atom is -0.477 e. The first-order valence-corrected chi connectivity index (χ1v) is 7.49. The van der Waals surface area contributed by atoms with Crippen molar-refractivity contribution in [1.29, 1.82) is 0 Å². The average Bonchev–Trinajstić information content (AvgIpc) is 3.16. The van der Waals surface area contributed by atoms with Gasteiger partial charge in [0.25, 0.3) is 0 Å². The van der Waals surface area contributed by atoms with E-state index >= 15 is 0 Å². The largest absolute Gasteiger partial charge is 0.477 e. The van der Waals surface area contributed by atoms with Crippen molar-refractivity contribution in [2.45, 2.75) is 19.3 Å². The number of carboxylic acids is 1. The molecule has 0 amide bonds. The molecule has 0 atom stereocenters. The number of rotatable bonds is 2. The summed E-state index contributed by atoms with van der Waals surface area (Å²) in [5, 5.41) is 9.99. The van der Waals surface area contributed by atoms with Gasteiger partial charge in [0.15, 0.2) is 0 Å². The second-order valence-electron chi connectivity index (χ2n) is 5.07. The van der Waals surface area contributed by atoms with Gasteiger partial charge in [0.1, 0.15) is 15.5 Å². The SMILES string of the molecule is Nc1c(C(=O)O)sc2nc3c(c(-c4ccco4)c12)CCC3. The van der Waals surface area contributed by atoms with Crippen LogP contribution in [-0.2, 0) is 12.8 Å². The normalized spacial score (nSPS) is 13.7. The molecule has 1 aliphatic carbocycles. The third-order valence-electron chi connectivity index (χ3n) is 3.87. The molecule has 6 heteroatoms. The number of fused-ring (bicyclic) bond motifs is 2. The fourth-order valence-electron chi connectivity index (χ4n) is 3.00. The topological polar surface area (TPSA) is 89.4 Å². The monoisotopic (exact) mass is 300 g/mol. The maximum absolute atomic E-state index is 11.3. The summed E-state index contributed by atoms with van der Waals surface area (Å²) in [7, 11) is 0. The van der Waals surface area contributed by atoms with Gasteiger partial charge in [-0.05, 0) is 37.0 Å².